The molecular weight excluding hydrogens is 455 g/mol. The molecule has 0 aromatic heterocycles. The first-order valence-electron chi connectivity index (χ1n) is 11.7. The molecule has 1 rings (SSSR count). The van der Waals surface area contributed by atoms with Gasteiger partial charge in [0.25, 0.3) is 5.76 Å². The molecule has 0 aromatic carbocycles. The van der Waals surface area contributed by atoms with E-state index in [0.29, 0.717) is 6.42 Å². The first-order chi connectivity index (χ1) is 15.5. The maximum Gasteiger partial charge on any atom is 0.525 e. The van der Waals surface area contributed by atoms with Crippen LogP contribution in [0, 0.1) is 5.92 Å². The van der Waals surface area contributed by atoms with Crippen molar-refractivity contribution >= 4 is 19.8 Å². The number of carbonyl (C=O) groups is 2. The van der Waals surface area contributed by atoms with E-state index in [1.54, 1.807) is 0 Å². The number of esters is 2. The van der Waals surface area contributed by atoms with Crippen LogP contribution < -0.4 is 0 Å². The van der Waals surface area contributed by atoms with Crippen LogP contribution in [0.3, 0.4) is 0 Å². The summed E-state index contributed by atoms with van der Waals surface area (Å²) in [4.78, 5) is 40.8. The molecule has 0 fully saturated rings. The molecule has 0 spiro atoms. The Balaban J connectivity index is 2.10. The van der Waals surface area contributed by atoms with Crippen LogP contribution in [-0.2, 0) is 28.2 Å². The molecule has 0 aliphatic carbocycles. The SMILES string of the molecule is CC(C)CCCCCCCCCCCCC(=O)OC[C@H](O)C1OC(=O)C(OP(=O)(O)O)=C1O. The molecule has 4 N–H and O–H groups in total. The van der Waals surface area contributed by atoms with Gasteiger partial charge in [-0.25, -0.2) is 9.36 Å². The third kappa shape index (κ3) is 13.0. The zero-order valence-corrected chi connectivity index (χ0v) is 20.5. The fourth-order valence-corrected chi connectivity index (χ4v) is 3.90. The highest BCUT2D eigenvalue weighted by molar-refractivity contribution is 7.46. The van der Waals surface area contributed by atoms with Crippen molar-refractivity contribution in [2.75, 3.05) is 6.61 Å². The maximum atomic E-state index is 11.8. The Hall–Kier alpha value is -1.61. The highest BCUT2D eigenvalue weighted by atomic mass is 31.2. The van der Waals surface area contributed by atoms with Gasteiger partial charge in [0.05, 0.1) is 0 Å². The minimum atomic E-state index is -5.10. The van der Waals surface area contributed by atoms with Crippen LogP contribution in [0.15, 0.2) is 11.5 Å². The summed E-state index contributed by atoms with van der Waals surface area (Å²) in [6, 6.07) is 0. The number of hydrogen-bond donors (Lipinski definition) is 4. The number of ether oxygens (including phenoxy) is 2. The largest absolute Gasteiger partial charge is 0.525 e. The number of hydrogen-bond acceptors (Lipinski definition) is 8. The molecule has 0 amide bonds. The average Bonchev–Trinajstić information content (AvgIpc) is 2.99. The Kier molecular flexibility index (Phi) is 13.7. The van der Waals surface area contributed by atoms with Gasteiger partial charge in [-0.1, -0.05) is 78.1 Å². The minimum Gasteiger partial charge on any atom is -0.505 e. The highest BCUT2D eigenvalue weighted by Crippen LogP contribution is 2.42. The zero-order chi connectivity index (χ0) is 24.9. The van der Waals surface area contributed by atoms with Crippen LogP contribution in [0.1, 0.15) is 90.9 Å². The van der Waals surface area contributed by atoms with Gasteiger partial charge in [-0.05, 0) is 12.3 Å². The molecule has 1 aliphatic heterocycles. The van der Waals surface area contributed by atoms with Crippen molar-refractivity contribution in [2.45, 2.75) is 103 Å². The third-order valence-corrected chi connectivity index (χ3v) is 5.73. The van der Waals surface area contributed by atoms with E-state index in [0.717, 1.165) is 25.2 Å². The van der Waals surface area contributed by atoms with Gasteiger partial charge in [0, 0.05) is 6.42 Å². The second kappa shape index (κ2) is 15.3. The fourth-order valence-electron chi connectivity index (χ4n) is 3.50. The maximum absolute atomic E-state index is 11.8. The molecule has 2 atom stereocenters. The van der Waals surface area contributed by atoms with E-state index < -0.39 is 50.1 Å². The molecular formula is C22H39O10P. The number of phosphoric ester groups is 1. The molecule has 33 heavy (non-hydrogen) atoms. The summed E-state index contributed by atoms with van der Waals surface area (Å²) >= 11 is 0. The number of phosphoric acid groups is 1. The van der Waals surface area contributed by atoms with Crippen LogP contribution in [0.5, 0.6) is 0 Å². The average molecular weight is 495 g/mol. The van der Waals surface area contributed by atoms with E-state index in [1.807, 2.05) is 0 Å². The highest BCUT2D eigenvalue weighted by Gasteiger charge is 2.43. The molecule has 0 saturated carbocycles. The van der Waals surface area contributed by atoms with E-state index in [-0.39, 0.29) is 6.42 Å². The fraction of sp³-hybridized carbons (Fsp3) is 0.818. The Morgan fingerprint density at radius 2 is 1.52 bits per heavy atom. The molecule has 192 valence electrons. The Morgan fingerprint density at radius 3 is 2.03 bits per heavy atom. The Bertz CT molecular complexity index is 685. The minimum absolute atomic E-state index is 0.182. The molecule has 0 saturated heterocycles. The second-order valence-corrected chi connectivity index (χ2v) is 10.0. The topological polar surface area (TPSA) is 160 Å². The second-order valence-electron chi connectivity index (χ2n) is 8.84. The van der Waals surface area contributed by atoms with E-state index in [2.05, 4.69) is 23.1 Å². The first kappa shape index (κ1) is 29.4. The van der Waals surface area contributed by atoms with Gasteiger partial charge in [0.15, 0.2) is 11.9 Å². The van der Waals surface area contributed by atoms with E-state index in [1.165, 1.54) is 44.9 Å². The first-order valence-corrected chi connectivity index (χ1v) is 13.3. The lowest BCUT2D eigenvalue weighted by Crippen LogP contribution is -2.33. The number of cyclic esters (lactones) is 1. The van der Waals surface area contributed by atoms with Crippen LogP contribution >= 0.6 is 7.82 Å². The summed E-state index contributed by atoms with van der Waals surface area (Å²) < 4.78 is 24.5. The zero-order valence-electron chi connectivity index (χ0n) is 19.6. The number of rotatable bonds is 18. The molecule has 11 heteroatoms. The molecule has 0 bridgehead atoms. The molecule has 1 heterocycles. The lowest BCUT2D eigenvalue weighted by molar-refractivity contribution is -0.154. The van der Waals surface area contributed by atoms with Gasteiger partial charge >= 0.3 is 19.8 Å². The van der Waals surface area contributed by atoms with Crippen LogP contribution in [-0.4, -0.2) is 50.8 Å². The van der Waals surface area contributed by atoms with Crippen molar-refractivity contribution in [3.8, 4) is 0 Å². The number of aliphatic hydroxyl groups is 2. The quantitative estimate of drug-likeness (QED) is 0.124. The summed E-state index contributed by atoms with van der Waals surface area (Å²) in [5.74, 6) is -3.13. The molecule has 0 radical (unpaired) electrons. The van der Waals surface area contributed by atoms with Crippen molar-refractivity contribution in [1.29, 1.82) is 0 Å². The standard InChI is InChI=1S/C22H39O10P/c1-16(2)13-11-9-7-5-3-4-6-8-10-12-14-18(24)30-15-17(23)20-19(25)21(22(26)31-20)32-33(27,28)29/h16-17,20,23,25H,3-15H2,1-2H3,(H2,27,28,29)/t17-,20?/m0/s1. The van der Waals surface area contributed by atoms with Crippen molar-refractivity contribution in [3.63, 3.8) is 0 Å². The molecule has 10 nitrogen and oxygen atoms in total. The van der Waals surface area contributed by atoms with Crippen LogP contribution in [0.2, 0.25) is 0 Å². The summed E-state index contributed by atoms with van der Waals surface area (Å²) in [7, 11) is -5.10. The molecule has 1 unspecified atom stereocenters. The van der Waals surface area contributed by atoms with Gasteiger partial charge in [-0.15, -0.1) is 0 Å². The van der Waals surface area contributed by atoms with Gasteiger partial charge in [0.2, 0.25) is 0 Å². The van der Waals surface area contributed by atoms with Crippen molar-refractivity contribution in [1.82, 2.24) is 0 Å². The summed E-state index contributed by atoms with van der Waals surface area (Å²) in [5.41, 5.74) is 0. The smallest absolute Gasteiger partial charge is 0.505 e. The molecule has 1 aliphatic rings. The van der Waals surface area contributed by atoms with Gasteiger partial charge < -0.3 is 24.2 Å². The van der Waals surface area contributed by atoms with Crippen LogP contribution in [0.4, 0.5) is 0 Å². The van der Waals surface area contributed by atoms with E-state index in [4.69, 9.17) is 14.5 Å². The summed E-state index contributed by atoms with van der Waals surface area (Å²) in [6.07, 6.45) is 9.65. The van der Waals surface area contributed by atoms with Crippen molar-refractivity contribution in [2.24, 2.45) is 5.92 Å². The summed E-state index contributed by atoms with van der Waals surface area (Å²) in [6.45, 7) is 3.96. The summed E-state index contributed by atoms with van der Waals surface area (Å²) in [5, 5.41) is 19.8. The van der Waals surface area contributed by atoms with E-state index >= 15 is 0 Å². The number of unbranched alkanes of at least 4 members (excludes halogenated alkanes) is 9. The number of aliphatic hydroxyl groups excluding tert-OH is 2. The third-order valence-electron chi connectivity index (χ3n) is 5.31. The predicted octanol–water partition coefficient (Wildman–Crippen LogP) is 4.03. The van der Waals surface area contributed by atoms with E-state index in [9.17, 15) is 24.4 Å². The van der Waals surface area contributed by atoms with Gasteiger partial charge in [0.1, 0.15) is 12.7 Å². The normalized spacial score (nSPS) is 17.4. The monoisotopic (exact) mass is 494 g/mol. The molecule has 0 aromatic rings. The van der Waals surface area contributed by atoms with Crippen molar-refractivity contribution < 1.29 is 48.2 Å². The van der Waals surface area contributed by atoms with Gasteiger partial charge in [-0.3, -0.25) is 14.6 Å². The van der Waals surface area contributed by atoms with Crippen LogP contribution in [0.25, 0.3) is 0 Å². The predicted molar refractivity (Wildman–Crippen MR) is 120 cm³/mol. The number of carbonyl (C=O) groups excluding carboxylic acids is 2. The lowest BCUT2D eigenvalue weighted by atomic mass is 10.0. The van der Waals surface area contributed by atoms with Crippen molar-refractivity contribution in [3.05, 3.63) is 11.5 Å². The lowest BCUT2D eigenvalue weighted by Gasteiger charge is -2.17. The Morgan fingerprint density at radius 1 is 1.00 bits per heavy atom. The van der Waals surface area contributed by atoms with Gasteiger partial charge in [-0.2, -0.15) is 0 Å². The Labute approximate surface area is 195 Å².